The van der Waals surface area contributed by atoms with Gasteiger partial charge in [0.25, 0.3) is 0 Å². The van der Waals surface area contributed by atoms with Gasteiger partial charge in [-0.15, -0.1) is 0 Å². The molecule has 1 aromatic heterocycles. The van der Waals surface area contributed by atoms with Gasteiger partial charge >= 0.3 is 0 Å². The fraction of sp³-hybridized carbons (Fsp3) is 0.296. The van der Waals surface area contributed by atoms with Crippen molar-refractivity contribution in [2.75, 3.05) is 26.2 Å². The summed E-state index contributed by atoms with van der Waals surface area (Å²) in [5.74, 6) is 0.512. The van der Waals surface area contributed by atoms with E-state index in [-0.39, 0.29) is 18.2 Å². The number of aliphatic hydroxyl groups excluding tert-OH is 1. The number of benzene rings is 3. The summed E-state index contributed by atoms with van der Waals surface area (Å²) in [6, 6.07) is 18.5. The minimum atomic E-state index is -0.601. The Morgan fingerprint density at radius 3 is 2.41 bits per heavy atom. The summed E-state index contributed by atoms with van der Waals surface area (Å²) >= 11 is 0. The first-order valence-electron chi connectivity index (χ1n) is 11.5. The standard InChI is InChI=1S/C27H26F2N2O3/c28-21-5-1-18(2-6-21)19-11-13-31(14-12-19)16-23(32)17-33-24-8-3-20(4-9-24)27-25-10-7-22(29)15-26(25)34-30-27/h1-10,15,19,23,32H,11-14,16-17H2/t23-/m1/s1. The quantitative estimate of drug-likeness (QED) is 0.397. The molecule has 1 atom stereocenters. The molecule has 2 heterocycles. The summed E-state index contributed by atoms with van der Waals surface area (Å²) in [5, 5.41) is 15.3. The van der Waals surface area contributed by atoms with Gasteiger partial charge < -0.3 is 19.3 Å². The van der Waals surface area contributed by atoms with E-state index >= 15 is 0 Å². The molecule has 4 aromatic rings. The number of piperidine rings is 1. The average molecular weight is 465 g/mol. The van der Waals surface area contributed by atoms with Crippen molar-refractivity contribution in [3.8, 4) is 17.0 Å². The van der Waals surface area contributed by atoms with Crippen LogP contribution in [0.4, 0.5) is 8.78 Å². The number of nitrogens with zero attached hydrogens (tertiary/aromatic N) is 2. The number of aliphatic hydroxyl groups is 1. The van der Waals surface area contributed by atoms with E-state index in [0.29, 0.717) is 29.5 Å². The highest BCUT2D eigenvalue weighted by atomic mass is 19.1. The maximum atomic E-state index is 13.4. The number of halogens is 2. The summed E-state index contributed by atoms with van der Waals surface area (Å²) in [6.07, 6.45) is 1.38. The van der Waals surface area contributed by atoms with Crippen LogP contribution in [0.15, 0.2) is 71.3 Å². The third-order valence-corrected chi connectivity index (χ3v) is 6.40. The lowest BCUT2D eigenvalue weighted by atomic mass is 9.89. The maximum absolute atomic E-state index is 13.4. The second kappa shape index (κ2) is 9.91. The van der Waals surface area contributed by atoms with Gasteiger partial charge in [0, 0.05) is 23.6 Å². The zero-order chi connectivity index (χ0) is 23.5. The Kier molecular flexibility index (Phi) is 6.56. The predicted octanol–water partition coefficient (Wildman–Crippen LogP) is 5.39. The van der Waals surface area contributed by atoms with Gasteiger partial charge in [-0.3, -0.25) is 0 Å². The Hall–Kier alpha value is -3.29. The first-order valence-corrected chi connectivity index (χ1v) is 11.5. The van der Waals surface area contributed by atoms with Gasteiger partial charge in [-0.2, -0.15) is 0 Å². The van der Waals surface area contributed by atoms with Gasteiger partial charge in [0.2, 0.25) is 0 Å². The molecule has 1 fully saturated rings. The minimum absolute atomic E-state index is 0.198. The van der Waals surface area contributed by atoms with Crippen LogP contribution in [0.1, 0.15) is 24.3 Å². The van der Waals surface area contributed by atoms with Gasteiger partial charge in [-0.25, -0.2) is 8.78 Å². The van der Waals surface area contributed by atoms with Gasteiger partial charge in [0.05, 0.1) is 0 Å². The molecule has 0 saturated carbocycles. The number of fused-ring (bicyclic) bond motifs is 1. The summed E-state index contributed by atoms with van der Waals surface area (Å²) < 4.78 is 37.5. The third kappa shape index (κ3) is 5.11. The van der Waals surface area contributed by atoms with Crippen LogP contribution in [-0.2, 0) is 0 Å². The molecule has 3 aromatic carbocycles. The van der Waals surface area contributed by atoms with Crippen molar-refractivity contribution in [1.29, 1.82) is 0 Å². The molecule has 5 rings (SSSR count). The highest BCUT2D eigenvalue weighted by Gasteiger charge is 2.22. The smallest absolute Gasteiger partial charge is 0.170 e. The first-order chi connectivity index (χ1) is 16.5. The second-order valence-corrected chi connectivity index (χ2v) is 8.79. The van der Waals surface area contributed by atoms with Crippen molar-refractivity contribution in [1.82, 2.24) is 10.1 Å². The fourth-order valence-electron chi connectivity index (χ4n) is 4.56. The third-order valence-electron chi connectivity index (χ3n) is 6.40. The van der Waals surface area contributed by atoms with Crippen LogP contribution in [0.25, 0.3) is 22.2 Å². The van der Waals surface area contributed by atoms with E-state index < -0.39 is 6.10 Å². The molecule has 1 saturated heterocycles. The van der Waals surface area contributed by atoms with E-state index in [0.717, 1.165) is 36.9 Å². The molecule has 0 amide bonds. The second-order valence-electron chi connectivity index (χ2n) is 8.79. The molecule has 0 aliphatic carbocycles. The van der Waals surface area contributed by atoms with Crippen molar-refractivity contribution in [3.05, 3.63) is 83.9 Å². The molecule has 1 aliphatic rings. The summed E-state index contributed by atoms with van der Waals surface area (Å²) in [7, 11) is 0. The number of likely N-dealkylation sites (tertiary alicyclic amines) is 1. The monoisotopic (exact) mass is 464 g/mol. The molecule has 176 valence electrons. The van der Waals surface area contributed by atoms with Crippen molar-refractivity contribution < 1.29 is 23.1 Å². The lowest BCUT2D eigenvalue weighted by molar-refractivity contribution is 0.0594. The lowest BCUT2D eigenvalue weighted by Crippen LogP contribution is -2.40. The van der Waals surface area contributed by atoms with Crippen LogP contribution in [-0.4, -0.2) is 47.5 Å². The highest BCUT2D eigenvalue weighted by Crippen LogP contribution is 2.30. The normalized spacial score (nSPS) is 16.1. The SMILES string of the molecule is O[C@@H](COc1ccc(-c2noc3cc(F)ccc23)cc1)CN1CCC(c2ccc(F)cc2)CC1. The number of hydrogen-bond acceptors (Lipinski definition) is 5. The molecule has 1 aliphatic heterocycles. The van der Waals surface area contributed by atoms with E-state index in [2.05, 4.69) is 10.1 Å². The number of hydrogen-bond donors (Lipinski definition) is 1. The molecule has 0 unspecified atom stereocenters. The van der Waals surface area contributed by atoms with E-state index in [4.69, 9.17) is 9.26 Å². The predicted molar refractivity (Wildman–Crippen MR) is 126 cm³/mol. The number of β-amino-alcohol motifs (C(OH)–C–C–N with tert-alkyl or cyclic N) is 1. The van der Waals surface area contributed by atoms with Crippen molar-refractivity contribution in [3.63, 3.8) is 0 Å². The number of rotatable bonds is 7. The Bertz CT molecular complexity index is 1230. The summed E-state index contributed by atoms with van der Waals surface area (Å²) in [5.41, 5.74) is 3.06. The van der Waals surface area contributed by atoms with Crippen LogP contribution >= 0.6 is 0 Å². The van der Waals surface area contributed by atoms with Crippen molar-refractivity contribution in [2.45, 2.75) is 24.9 Å². The van der Waals surface area contributed by atoms with E-state index in [1.165, 1.54) is 29.8 Å². The highest BCUT2D eigenvalue weighted by molar-refractivity contribution is 5.91. The first kappa shape index (κ1) is 22.5. The van der Waals surface area contributed by atoms with Crippen LogP contribution in [0, 0.1) is 11.6 Å². The van der Waals surface area contributed by atoms with Gasteiger partial charge in [0.1, 0.15) is 35.8 Å². The Morgan fingerprint density at radius 2 is 1.68 bits per heavy atom. The topological polar surface area (TPSA) is 58.7 Å². The van der Waals surface area contributed by atoms with Crippen LogP contribution < -0.4 is 4.74 Å². The van der Waals surface area contributed by atoms with Gasteiger partial charge in [0.15, 0.2) is 5.58 Å². The van der Waals surface area contributed by atoms with Crippen molar-refractivity contribution in [2.24, 2.45) is 0 Å². The summed E-state index contributed by atoms with van der Waals surface area (Å²) in [4.78, 5) is 2.25. The molecule has 34 heavy (non-hydrogen) atoms. The van der Waals surface area contributed by atoms with Gasteiger partial charge in [-0.05, 0) is 85.9 Å². The largest absolute Gasteiger partial charge is 0.491 e. The Labute approximate surface area is 196 Å². The molecule has 0 bridgehead atoms. The molecule has 0 radical (unpaired) electrons. The van der Waals surface area contributed by atoms with E-state index in [9.17, 15) is 13.9 Å². The number of aromatic nitrogens is 1. The van der Waals surface area contributed by atoms with Crippen LogP contribution in [0.3, 0.4) is 0 Å². The lowest BCUT2D eigenvalue weighted by Gasteiger charge is -2.33. The molecule has 7 heteroatoms. The fourth-order valence-corrected chi connectivity index (χ4v) is 4.56. The zero-order valence-electron chi connectivity index (χ0n) is 18.7. The molecule has 5 nitrogen and oxygen atoms in total. The Balaban J connectivity index is 1.10. The average Bonchev–Trinajstić information content (AvgIpc) is 3.27. The number of ether oxygens (including phenoxy) is 1. The van der Waals surface area contributed by atoms with Crippen molar-refractivity contribution >= 4 is 11.0 Å². The molecular weight excluding hydrogens is 438 g/mol. The van der Waals surface area contributed by atoms with Crippen LogP contribution in [0.2, 0.25) is 0 Å². The van der Waals surface area contributed by atoms with E-state index in [1.807, 2.05) is 36.4 Å². The molecule has 1 N–H and O–H groups in total. The molecular formula is C27H26F2N2O3. The zero-order valence-corrected chi connectivity index (χ0v) is 18.7. The van der Waals surface area contributed by atoms with E-state index in [1.54, 1.807) is 6.07 Å². The summed E-state index contributed by atoms with van der Waals surface area (Å²) in [6.45, 7) is 2.53. The van der Waals surface area contributed by atoms with Gasteiger partial charge in [-0.1, -0.05) is 17.3 Å². The minimum Gasteiger partial charge on any atom is -0.491 e. The maximum Gasteiger partial charge on any atom is 0.170 e. The molecule has 0 spiro atoms. The van der Waals surface area contributed by atoms with Crippen LogP contribution in [0.5, 0.6) is 5.75 Å². The Morgan fingerprint density at radius 1 is 0.971 bits per heavy atom.